The third kappa shape index (κ3) is 6.24. The van der Waals surface area contributed by atoms with Crippen LogP contribution in [-0.2, 0) is 0 Å². The predicted molar refractivity (Wildman–Crippen MR) is 45.5 cm³/mol. The van der Waals surface area contributed by atoms with Crippen LogP contribution in [0.3, 0.4) is 0 Å². The van der Waals surface area contributed by atoms with Gasteiger partial charge in [-0.25, -0.2) is 0 Å². The Hall–Kier alpha value is -0.940. The summed E-state index contributed by atoms with van der Waals surface area (Å²) in [5, 5.41) is 0. The maximum Gasteiger partial charge on any atom is 0.390 e. The first kappa shape index (κ1) is 12.1. The highest BCUT2D eigenvalue weighted by Crippen LogP contribution is 2.19. The van der Waals surface area contributed by atoms with Crippen LogP contribution >= 0.6 is 0 Å². The fourth-order valence-electron chi connectivity index (χ4n) is 0.692. The maximum absolute atomic E-state index is 11.8. The van der Waals surface area contributed by atoms with Gasteiger partial charge in [-0.2, -0.15) is 13.2 Å². The maximum atomic E-state index is 11.8. The number of halogens is 3. The summed E-state index contributed by atoms with van der Waals surface area (Å²) in [7, 11) is 1.49. The van der Waals surface area contributed by atoms with Gasteiger partial charge in [0, 0.05) is 20.1 Å². The number of aliphatic imine (C=N–C) groups is 1. The molecule has 0 spiro atoms. The van der Waals surface area contributed by atoms with E-state index in [9.17, 15) is 13.2 Å². The average Bonchev–Trinajstić information content (AvgIpc) is 1.99. The van der Waals surface area contributed by atoms with Crippen LogP contribution in [0.2, 0.25) is 0 Å². The first-order valence-corrected chi connectivity index (χ1v) is 3.94. The van der Waals surface area contributed by atoms with Crippen molar-refractivity contribution in [3.05, 3.63) is 0 Å². The zero-order valence-electron chi connectivity index (χ0n) is 7.73. The Morgan fingerprint density at radius 1 is 1.46 bits per heavy atom. The molecule has 78 valence electrons. The Morgan fingerprint density at radius 2 is 2.00 bits per heavy atom. The van der Waals surface area contributed by atoms with Crippen molar-refractivity contribution in [2.75, 3.05) is 20.1 Å². The molecule has 0 rings (SSSR count). The molecule has 0 amide bonds. The highest BCUT2D eigenvalue weighted by Gasteiger charge is 2.27. The third-order valence-electron chi connectivity index (χ3n) is 1.44. The molecule has 0 aliphatic carbocycles. The SMILES string of the molecule is CCN=C(N)N(C)CCC(F)(F)F. The summed E-state index contributed by atoms with van der Waals surface area (Å²) in [6.07, 6.45) is -5.01. The Balaban J connectivity index is 3.88. The molecular formula is C7H14F3N3. The number of rotatable bonds is 3. The van der Waals surface area contributed by atoms with Crippen molar-refractivity contribution in [1.82, 2.24) is 4.90 Å². The molecule has 6 heteroatoms. The van der Waals surface area contributed by atoms with Crippen LogP contribution in [0.4, 0.5) is 13.2 Å². The highest BCUT2D eigenvalue weighted by atomic mass is 19.4. The lowest BCUT2D eigenvalue weighted by Crippen LogP contribution is -2.36. The van der Waals surface area contributed by atoms with Gasteiger partial charge in [-0.3, -0.25) is 4.99 Å². The van der Waals surface area contributed by atoms with Crippen LogP contribution in [0, 0.1) is 0 Å². The van der Waals surface area contributed by atoms with Gasteiger partial charge in [0.2, 0.25) is 0 Å². The van der Waals surface area contributed by atoms with Gasteiger partial charge in [-0.1, -0.05) is 0 Å². The minimum atomic E-state index is -4.14. The molecule has 0 aromatic rings. The molecule has 0 aliphatic heterocycles. The molecule has 0 fully saturated rings. The summed E-state index contributed by atoms with van der Waals surface area (Å²) in [4.78, 5) is 5.07. The van der Waals surface area contributed by atoms with Crippen molar-refractivity contribution in [3.63, 3.8) is 0 Å². The van der Waals surface area contributed by atoms with E-state index < -0.39 is 12.6 Å². The van der Waals surface area contributed by atoms with Gasteiger partial charge in [0.05, 0.1) is 6.42 Å². The molecule has 0 radical (unpaired) electrons. The van der Waals surface area contributed by atoms with E-state index in [-0.39, 0.29) is 12.5 Å². The molecule has 0 aromatic heterocycles. The van der Waals surface area contributed by atoms with Crippen LogP contribution in [0.1, 0.15) is 13.3 Å². The van der Waals surface area contributed by atoms with Crippen molar-refractivity contribution < 1.29 is 13.2 Å². The second-order valence-electron chi connectivity index (χ2n) is 2.62. The number of alkyl halides is 3. The van der Waals surface area contributed by atoms with E-state index in [2.05, 4.69) is 4.99 Å². The lowest BCUT2D eigenvalue weighted by molar-refractivity contribution is -0.135. The van der Waals surface area contributed by atoms with Crippen molar-refractivity contribution >= 4 is 5.96 Å². The second kappa shape index (κ2) is 4.94. The largest absolute Gasteiger partial charge is 0.390 e. The van der Waals surface area contributed by atoms with Crippen molar-refractivity contribution in [2.24, 2.45) is 10.7 Å². The first-order valence-electron chi connectivity index (χ1n) is 3.94. The van der Waals surface area contributed by atoms with Gasteiger partial charge >= 0.3 is 6.18 Å². The Kier molecular flexibility index (Phi) is 4.58. The van der Waals surface area contributed by atoms with Crippen LogP contribution in [0.25, 0.3) is 0 Å². The van der Waals surface area contributed by atoms with E-state index in [1.165, 1.54) is 11.9 Å². The van der Waals surface area contributed by atoms with Crippen LogP contribution in [-0.4, -0.2) is 37.2 Å². The van der Waals surface area contributed by atoms with E-state index in [4.69, 9.17) is 5.73 Å². The normalized spacial score (nSPS) is 13.2. The molecular weight excluding hydrogens is 183 g/mol. The summed E-state index contributed by atoms with van der Waals surface area (Å²) in [6.45, 7) is 2.09. The highest BCUT2D eigenvalue weighted by molar-refractivity contribution is 5.77. The van der Waals surface area contributed by atoms with Crippen molar-refractivity contribution in [1.29, 1.82) is 0 Å². The first-order chi connectivity index (χ1) is 5.87. The van der Waals surface area contributed by atoms with Crippen LogP contribution in [0.15, 0.2) is 4.99 Å². The van der Waals surface area contributed by atoms with Gasteiger partial charge in [0.15, 0.2) is 5.96 Å². The second-order valence-corrected chi connectivity index (χ2v) is 2.62. The van der Waals surface area contributed by atoms with E-state index in [1.54, 1.807) is 6.92 Å². The predicted octanol–water partition coefficient (Wildman–Crippen LogP) is 1.21. The fourth-order valence-corrected chi connectivity index (χ4v) is 0.692. The fraction of sp³-hybridized carbons (Fsp3) is 0.857. The summed E-state index contributed by atoms with van der Waals surface area (Å²) in [5.41, 5.74) is 5.37. The monoisotopic (exact) mass is 197 g/mol. The quantitative estimate of drug-likeness (QED) is 0.545. The number of nitrogens with zero attached hydrogens (tertiary/aromatic N) is 2. The average molecular weight is 197 g/mol. The zero-order valence-corrected chi connectivity index (χ0v) is 7.73. The molecule has 0 saturated carbocycles. The third-order valence-corrected chi connectivity index (χ3v) is 1.44. The van der Waals surface area contributed by atoms with Crippen molar-refractivity contribution in [2.45, 2.75) is 19.5 Å². The molecule has 2 N–H and O–H groups in total. The smallest absolute Gasteiger partial charge is 0.370 e. The Labute approximate surface area is 75.4 Å². The zero-order chi connectivity index (χ0) is 10.5. The number of nitrogens with two attached hydrogens (primary N) is 1. The Morgan fingerprint density at radius 3 is 2.38 bits per heavy atom. The number of guanidine groups is 1. The summed E-state index contributed by atoms with van der Waals surface area (Å²) in [6, 6.07) is 0. The standard InChI is InChI=1S/C7H14F3N3/c1-3-12-6(11)13(2)5-4-7(8,9)10/h3-5H2,1-2H3,(H2,11,12). The van der Waals surface area contributed by atoms with E-state index in [0.717, 1.165) is 0 Å². The summed E-state index contributed by atoms with van der Waals surface area (Å²) in [5.74, 6) is 0.145. The van der Waals surface area contributed by atoms with Gasteiger partial charge in [-0.15, -0.1) is 0 Å². The van der Waals surface area contributed by atoms with Gasteiger partial charge < -0.3 is 10.6 Å². The summed E-state index contributed by atoms with van der Waals surface area (Å²) >= 11 is 0. The molecule has 0 saturated heterocycles. The molecule has 0 heterocycles. The molecule has 0 atom stereocenters. The molecule has 0 unspecified atom stereocenters. The van der Waals surface area contributed by atoms with E-state index in [1.807, 2.05) is 0 Å². The lowest BCUT2D eigenvalue weighted by atomic mass is 10.4. The van der Waals surface area contributed by atoms with Crippen LogP contribution < -0.4 is 5.73 Å². The minimum absolute atomic E-state index is 0.145. The molecule has 13 heavy (non-hydrogen) atoms. The van der Waals surface area contributed by atoms with Crippen LogP contribution in [0.5, 0.6) is 0 Å². The number of hydrogen-bond acceptors (Lipinski definition) is 1. The molecule has 3 nitrogen and oxygen atoms in total. The number of hydrogen-bond donors (Lipinski definition) is 1. The van der Waals surface area contributed by atoms with E-state index >= 15 is 0 Å². The van der Waals surface area contributed by atoms with E-state index in [0.29, 0.717) is 6.54 Å². The van der Waals surface area contributed by atoms with Gasteiger partial charge in [0.1, 0.15) is 0 Å². The van der Waals surface area contributed by atoms with Crippen molar-refractivity contribution in [3.8, 4) is 0 Å². The topological polar surface area (TPSA) is 41.6 Å². The minimum Gasteiger partial charge on any atom is -0.370 e. The summed E-state index contributed by atoms with van der Waals surface area (Å²) < 4.78 is 35.3. The van der Waals surface area contributed by atoms with Gasteiger partial charge in [0.25, 0.3) is 0 Å². The Bertz CT molecular complexity index is 176. The lowest BCUT2D eigenvalue weighted by Gasteiger charge is -2.18. The van der Waals surface area contributed by atoms with Gasteiger partial charge in [-0.05, 0) is 6.92 Å². The molecule has 0 bridgehead atoms. The molecule has 0 aromatic carbocycles. The molecule has 0 aliphatic rings.